The van der Waals surface area contributed by atoms with Gasteiger partial charge in [0.2, 0.25) is 5.88 Å². The van der Waals surface area contributed by atoms with Gasteiger partial charge in [0, 0.05) is 12.7 Å². The smallest absolute Gasteiger partial charge is 0.256 e. The van der Waals surface area contributed by atoms with E-state index in [4.69, 9.17) is 9.47 Å². The number of hydrogen-bond acceptors (Lipinski definition) is 4. The number of ether oxygens (including phenoxy) is 2. The highest BCUT2D eigenvalue weighted by Crippen LogP contribution is 2.22. The molecular weight excluding hydrogens is 256 g/mol. The van der Waals surface area contributed by atoms with E-state index in [1.54, 1.807) is 20.4 Å². The molecule has 5 heteroatoms. The normalized spacial score (nSPS) is 13.7. The third-order valence-corrected chi connectivity index (χ3v) is 3.42. The van der Waals surface area contributed by atoms with Crippen LogP contribution >= 0.6 is 0 Å². The molecule has 0 aromatic carbocycles. The number of rotatable bonds is 7. The van der Waals surface area contributed by atoms with Crippen LogP contribution in [0.1, 0.15) is 38.7 Å². The van der Waals surface area contributed by atoms with Crippen LogP contribution in [0.2, 0.25) is 0 Å². The Hall–Kier alpha value is -1.62. The van der Waals surface area contributed by atoms with E-state index < -0.39 is 5.60 Å². The second-order valence-electron chi connectivity index (χ2n) is 5.04. The average molecular weight is 280 g/mol. The Balaban J connectivity index is 2.80. The number of aromatic nitrogens is 1. The van der Waals surface area contributed by atoms with Crippen molar-refractivity contribution in [3.8, 4) is 5.88 Å². The van der Waals surface area contributed by atoms with Gasteiger partial charge in [-0.25, -0.2) is 4.98 Å². The fourth-order valence-corrected chi connectivity index (χ4v) is 1.93. The topological polar surface area (TPSA) is 60.5 Å². The van der Waals surface area contributed by atoms with Crippen LogP contribution in [-0.4, -0.2) is 30.7 Å². The molecule has 0 aliphatic carbocycles. The van der Waals surface area contributed by atoms with Crippen molar-refractivity contribution in [2.45, 2.75) is 45.6 Å². The van der Waals surface area contributed by atoms with Crippen molar-refractivity contribution < 1.29 is 14.3 Å². The molecule has 1 rings (SSSR count). The van der Waals surface area contributed by atoms with Crippen molar-refractivity contribution >= 4 is 11.6 Å². The Morgan fingerprint density at radius 1 is 1.45 bits per heavy atom. The summed E-state index contributed by atoms with van der Waals surface area (Å²) in [5.74, 6) is 0.406. The van der Waals surface area contributed by atoms with Gasteiger partial charge >= 0.3 is 0 Å². The Labute approximate surface area is 120 Å². The Bertz CT molecular complexity index is 462. The van der Waals surface area contributed by atoms with Crippen LogP contribution in [0.25, 0.3) is 0 Å². The summed E-state index contributed by atoms with van der Waals surface area (Å²) in [6.45, 7) is 5.78. The monoisotopic (exact) mass is 280 g/mol. The summed E-state index contributed by atoms with van der Waals surface area (Å²) in [4.78, 5) is 16.5. The van der Waals surface area contributed by atoms with Crippen molar-refractivity contribution in [2.75, 3.05) is 19.5 Å². The molecule has 0 bridgehead atoms. The van der Waals surface area contributed by atoms with E-state index in [9.17, 15) is 4.79 Å². The zero-order valence-electron chi connectivity index (χ0n) is 12.9. The van der Waals surface area contributed by atoms with Gasteiger partial charge in [0.25, 0.3) is 5.91 Å². The number of aryl methyl sites for hydroxylation is 1. The van der Waals surface area contributed by atoms with E-state index in [1.807, 2.05) is 19.9 Å². The van der Waals surface area contributed by atoms with Crippen LogP contribution in [-0.2, 0) is 9.53 Å². The number of methoxy groups -OCH3 is 2. The summed E-state index contributed by atoms with van der Waals surface area (Å²) in [6.07, 6.45) is 4.24. The van der Waals surface area contributed by atoms with E-state index in [0.717, 1.165) is 18.4 Å². The van der Waals surface area contributed by atoms with Gasteiger partial charge in [0.1, 0.15) is 5.60 Å². The molecule has 1 heterocycles. The van der Waals surface area contributed by atoms with E-state index in [0.29, 0.717) is 18.0 Å². The van der Waals surface area contributed by atoms with Crippen molar-refractivity contribution in [2.24, 2.45) is 0 Å². The van der Waals surface area contributed by atoms with E-state index in [1.165, 1.54) is 0 Å². The molecule has 5 nitrogen and oxygen atoms in total. The van der Waals surface area contributed by atoms with E-state index in [-0.39, 0.29) is 5.91 Å². The number of carbonyl (C=O) groups excluding carboxylic acids is 1. The molecule has 0 saturated carbocycles. The van der Waals surface area contributed by atoms with Gasteiger partial charge in [-0.3, -0.25) is 4.79 Å². The summed E-state index contributed by atoms with van der Waals surface area (Å²) >= 11 is 0. The largest absolute Gasteiger partial charge is 0.481 e. The van der Waals surface area contributed by atoms with Crippen molar-refractivity contribution in [1.29, 1.82) is 0 Å². The van der Waals surface area contributed by atoms with Crippen molar-refractivity contribution in [1.82, 2.24) is 4.98 Å². The standard InChI is InChI=1S/C15H24N2O3/c1-6-7-8-15(3,20-5)14(18)17-12-9-11(2)13(19-4)16-10-12/h9-10H,6-8H2,1-5H3,(H,17,18)/t15-/m1/s1. The fourth-order valence-electron chi connectivity index (χ4n) is 1.93. The molecule has 0 fully saturated rings. The highest BCUT2D eigenvalue weighted by molar-refractivity contribution is 5.97. The van der Waals surface area contributed by atoms with E-state index in [2.05, 4.69) is 17.2 Å². The molecule has 1 N–H and O–H groups in total. The van der Waals surface area contributed by atoms with Gasteiger partial charge in [-0.05, 0) is 26.3 Å². The molecule has 1 aromatic heterocycles. The van der Waals surface area contributed by atoms with Crippen LogP contribution in [0.4, 0.5) is 5.69 Å². The molecule has 0 spiro atoms. The molecule has 0 unspecified atom stereocenters. The number of carbonyl (C=O) groups is 1. The molecule has 0 aliphatic heterocycles. The first-order valence-corrected chi connectivity index (χ1v) is 6.84. The average Bonchev–Trinajstić information content (AvgIpc) is 2.44. The molecular formula is C15H24N2O3. The lowest BCUT2D eigenvalue weighted by molar-refractivity contribution is -0.136. The Morgan fingerprint density at radius 3 is 2.65 bits per heavy atom. The summed E-state index contributed by atoms with van der Waals surface area (Å²) in [7, 11) is 3.13. The molecule has 20 heavy (non-hydrogen) atoms. The first kappa shape index (κ1) is 16.4. The highest BCUT2D eigenvalue weighted by atomic mass is 16.5. The van der Waals surface area contributed by atoms with Gasteiger partial charge < -0.3 is 14.8 Å². The molecule has 0 aliphatic rings. The lowest BCUT2D eigenvalue weighted by Gasteiger charge is -2.26. The predicted octanol–water partition coefficient (Wildman–Crippen LogP) is 2.93. The maximum absolute atomic E-state index is 12.3. The third-order valence-electron chi connectivity index (χ3n) is 3.42. The number of hydrogen-bond donors (Lipinski definition) is 1. The van der Waals surface area contributed by atoms with Crippen LogP contribution in [0.3, 0.4) is 0 Å². The highest BCUT2D eigenvalue weighted by Gasteiger charge is 2.32. The molecule has 1 aromatic rings. The quantitative estimate of drug-likeness (QED) is 0.834. The molecule has 1 amide bonds. The lowest BCUT2D eigenvalue weighted by atomic mass is 9.97. The fraction of sp³-hybridized carbons (Fsp3) is 0.600. The molecule has 0 radical (unpaired) electrons. The molecule has 0 saturated heterocycles. The minimum absolute atomic E-state index is 0.153. The zero-order chi connectivity index (χ0) is 15.2. The summed E-state index contributed by atoms with van der Waals surface area (Å²) < 4.78 is 10.5. The van der Waals surface area contributed by atoms with Crippen LogP contribution in [0, 0.1) is 6.92 Å². The summed E-state index contributed by atoms with van der Waals surface area (Å²) in [5.41, 5.74) is 0.704. The number of nitrogens with one attached hydrogen (secondary N) is 1. The van der Waals surface area contributed by atoms with Crippen LogP contribution in [0.15, 0.2) is 12.3 Å². The third kappa shape index (κ3) is 3.93. The number of pyridine rings is 1. The Morgan fingerprint density at radius 2 is 2.15 bits per heavy atom. The van der Waals surface area contributed by atoms with Gasteiger partial charge in [0.05, 0.1) is 19.0 Å². The predicted molar refractivity (Wildman–Crippen MR) is 79.1 cm³/mol. The number of unbranched alkanes of at least 4 members (excludes halogenated alkanes) is 1. The number of nitrogens with zero attached hydrogens (tertiary/aromatic N) is 1. The number of anilines is 1. The zero-order valence-corrected chi connectivity index (χ0v) is 12.9. The Kier molecular flexibility index (Phi) is 5.95. The van der Waals surface area contributed by atoms with Gasteiger partial charge in [-0.15, -0.1) is 0 Å². The van der Waals surface area contributed by atoms with Crippen molar-refractivity contribution in [3.63, 3.8) is 0 Å². The first-order chi connectivity index (χ1) is 9.46. The lowest BCUT2D eigenvalue weighted by Crippen LogP contribution is -2.41. The second kappa shape index (κ2) is 7.24. The van der Waals surface area contributed by atoms with Crippen LogP contribution < -0.4 is 10.1 Å². The van der Waals surface area contributed by atoms with Crippen LogP contribution in [0.5, 0.6) is 5.88 Å². The number of amides is 1. The van der Waals surface area contributed by atoms with Gasteiger partial charge in [0.15, 0.2) is 0 Å². The maximum Gasteiger partial charge on any atom is 0.256 e. The van der Waals surface area contributed by atoms with Gasteiger partial charge in [-0.1, -0.05) is 19.8 Å². The van der Waals surface area contributed by atoms with Gasteiger partial charge in [-0.2, -0.15) is 0 Å². The molecule has 112 valence electrons. The van der Waals surface area contributed by atoms with E-state index >= 15 is 0 Å². The minimum atomic E-state index is -0.816. The summed E-state index contributed by atoms with van der Waals surface area (Å²) in [6, 6.07) is 1.83. The maximum atomic E-state index is 12.3. The first-order valence-electron chi connectivity index (χ1n) is 6.84. The minimum Gasteiger partial charge on any atom is -0.481 e. The SMILES string of the molecule is CCCC[C@@](C)(OC)C(=O)Nc1cnc(OC)c(C)c1. The molecule has 1 atom stereocenters. The second-order valence-corrected chi connectivity index (χ2v) is 5.04. The van der Waals surface area contributed by atoms with Crippen molar-refractivity contribution in [3.05, 3.63) is 17.8 Å². The summed E-state index contributed by atoms with van der Waals surface area (Å²) in [5, 5.41) is 2.85.